The Balaban J connectivity index is 0.00000337. The van der Waals surface area contributed by atoms with Gasteiger partial charge in [-0.05, 0) is 84.7 Å². The molecule has 3 aromatic carbocycles. The monoisotopic (exact) mass is 781 g/mol. The van der Waals surface area contributed by atoms with Crippen LogP contribution in [-0.4, -0.2) is 60.9 Å². The standard InChI is InChI=1S/C40H51NO10S.C3H8/c1-27(2)37(43)50-34-17-10-30(11-18-34)25-48-39(45)32-14-8-29(9-15-32)24-33(40(46)47-22-23-52(5,6)7)16-21-36(42)41-49-26-31-12-19-35(20-13-31)51-38(44)28(3)4;1-3-2/h8-15,17-20,27-28,33H,16,21-26H2,1-7H3,(H,41,42);3H2,1-2H3. The van der Waals surface area contributed by atoms with E-state index >= 15 is 0 Å². The molecule has 302 valence electrons. The predicted molar refractivity (Wildman–Crippen MR) is 216 cm³/mol. The molecule has 1 amide bonds. The van der Waals surface area contributed by atoms with Crippen molar-refractivity contribution in [1.29, 1.82) is 0 Å². The van der Waals surface area contributed by atoms with Gasteiger partial charge in [0.05, 0.1) is 36.5 Å². The van der Waals surface area contributed by atoms with Crippen LogP contribution >= 0.6 is 10.0 Å². The highest BCUT2D eigenvalue weighted by Gasteiger charge is 2.23. The molecule has 3 aromatic rings. The number of hydrogen-bond acceptors (Lipinski definition) is 10. The van der Waals surface area contributed by atoms with Crippen LogP contribution in [-0.2, 0) is 53.1 Å². The van der Waals surface area contributed by atoms with Gasteiger partial charge in [0, 0.05) is 12.2 Å². The van der Waals surface area contributed by atoms with Gasteiger partial charge in [0.15, 0.2) is 0 Å². The summed E-state index contributed by atoms with van der Waals surface area (Å²) >= 11 is 0. The molecule has 0 fully saturated rings. The highest BCUT2D eigenvalue weighted by Crippen LogP contribution is 2.33. The molecule has 0 aromatic heterocycles. The first-order valence-corrected chi connectivity index (χ1v) is 21.6. The Hall–Kier alpha value is -4.68. The van der Waals surface area contributed by atoms with Crippen molar-refractivity contribution in [1.82, 2.24) is 5.48 Å². The van der Waals surface area contributed by atoms with Crippen molar-refractivity contribution in [2.45, 2.75) is 80.4 Å². The number of nitrogens with one attached hydrogen (secondary N) is 1. The summed E-state index contributed by atoms with van der Waals surface area (Å²) in [5.74, 6) is -1.40. The van der Waals surface area contributed by atoms with Crippen LogP contribution in [0, 0.1) is 17.8 Å². The first kappa shape index (κ1) is 46.5. The van der Waals surface area contributed by atoms with Crippen LogP contribution in [0.1, 0.15) is 87.9 Å². The second-order valence-electron chi connectivity index (χ2n) is 14.6. The quantitative estimate of drug-likeness (QED) is 0.0722. The van der Waals surface area contributed by atoms with Crippen LogP contribution in [0.15, 0.2) is 72.8 Å². The lowest BCUT2D eigenvalue weighted by Crippen LogP contribution is -2.27. The van der Waals surface area contributed by atoms with Crippen molar-refractivity contribution in [2.75, 3.05) is 31.1 Å². The van der Waals surface area contributed by atoms with Gasteiger partial charge in [-0.25, -0.2) is 20.3 Å². The first-order chi connectivity index (χ1) is 26.0. The first-order valence-electron chi connectivity index (χ1n) is 18.6. The minimum absolute atomic E-state index is 0.0277. The molecule has 0 aliphatic rings. The van der Waals surface area contributed by atoms with Crippen LogP contribution in [0.5, 0.6) is 11.5 Å². The molecule has 55 heavy (non-hydrogen) atoms. The highest BCUT2D eigenvalue weighted by molar-refractivity contribution is 8.32. The fourth-order valence-corrected chi connectivity index (χ4v) is 5.02. The van der Waals surface area contributed by atoms with Gasteiger partial charge in [0.2, 0.25) is 5.91 Å². The summed E-state index contributed by atoms with van der Waals surface area (Å²) in [6.07, 6.45) is 8.26. The number of amides is 1. The maximum absolute atomic E-state index is 13.2. The van der Waals surface area contributed by atoms with E-state index in [4.69, 9.17) is 23.8 Å². The Bertz CT molecular complexity index is 1650. The molecule has 0 bridgehead atoms. The number of hydroxylamine groups is 1. The SMILES string of the molecule is CC(C)C(=O)Oc1ccc(CONC(=O)CCC(Cc2ccc(C(=O)OCc3ccc(OC(=O)C(C)C)cc3)cc2)C(=O)OCCS(C)(C)C)cc1.CCC. The van der Waals surface area contributed by atoms with E-state index in [1.165, 1.54) is 6.42 Å². The fraction of sp³-hybridized carbons (Fsp3) is 0.465. The topological polar surface area (TPSA) is 144 Å². The number of carbonyl (C=O) groups excluding carboxylic acids is 5. The number of benzene rings is 3. The number of esters is 4. The molecule has 0 saturated heterocycles. The Kier molecular flexibility index (Phi) is 20.2. The molecule has 0 heterocycles. The minimum Gasteiger partial charge on any atom is -0.465 e. The van der Waals surface area contributed by atoms with Crippen LogP contribution in [0.4, 0.5) is 0 Å². The van der Waals surface area contributed by atoms with Gasteiger partial charge < -0.3 is 18.9 Å². The minimum atomic E-state index is -0.861. The number of ether oxygens (including phenoxy) is 4. The third-order valence-electron chi connectivity index (χ3n) is 7.69. The smallest absolute Gasteiger partial charge is 0.338 e. The molecule has 0 saturated carbocycles. The molecule has 11 nitrogen and oxygen atoms in total. The molecule has 12 heteroatoms. The van der Waals surface area contributed by atoms with E-state index in [2.05, 4.69) is 38.1 Å². The third-order valence-corrected chi connectivity index (χ3v) is 9.08. The molecule has 0 aliphatic carbocycles. The molecule has 3 rings (SSSR count). The molecule has 1 atom stereocenters. The van der Waals surface area contributed by atoms with E-state index in [0.29, 0.717) is 30.1 Å². The number of carbonyl (C=O) groups is 5. The van der Waals surface area contributed by atoms with Crippen molar-refractivity contribution in [3.8, 4) is 11.5 Å². The summed E-state index contributed by atoms with van der Waals surface area (Å²) in [5, 5.41) is 0. The van der Waals surface area contributed by atoms with Gasteiger partial charge in [-0.15, -0.1) is 0 Å². The molecule has 0 radical (unpaired) electrons. The summed E-state index contributed by atoms with van der Waals surface area (Å²) in [4.78, 5) is 67.5. The zero-order valence-corrected chi connectivity index (χ0v) is 34.6. The van der Waals surface area contributed by atoms with Crippen LogP contribution < -0.4 is 15.0 Å². The largest absolute Gasteiger partial charge is 0.465 e. The zero-order chi connectivity index (χ0) is 41.0. The highest BCUT2D eigenvalue weighted by atomic mass is 32.3. The number of rotatable bonds is 19. The van der Waals surface area contributed by atoms with E-state index in [9.17, 15) is 24.0 Å². The van der Waals surface area contributed by atoms with E-state index in [0.717, 1.165) is 22.4 Å². The Morgan fingerprint density at radius 1 is 0.636 bits per heavy atom. The summed E-state index contributed by atoms with van der Waals surface area (Å²) in [7, 11) is -0.861. The van der Waals surface area contributed by atoms with Crippen molar-refractivity contribution in [2.24, 2.45) is 17.8 Å². The van der Waals surface area contributed by atoms with Crippen LogP contribution in [0.2, 0.25) is 0 Å². The predicted octanol–water partition coefficient (Wildman–Crippen LogP) is 8.01. The van der Waals surface area contributed by atoms with Gasteiger partial charge in [0.25, 0.3) is 0 Å². The molecule has 0 aliphatic heterocycles. The van der Waals surface area contributed by atoms with E-state index < -0.39 is 21.9 Å². The van der Waals surface area contributed by atoms with Gasteiger partial charge >= 0.3 is 23.9 Å². The lowest BCUT2D eigenvalue weighted by atomic mass is 9.94. The van der Waals surface area contributed by atoms with Crippen molar-refractivity contribution < 1.29 is 47.8 Å². The van der Waals surface area contributed by atoms with Crippen LogP contribution in [0.3, 0.4) is 0 Å². The van der Waals surface area contributed by atoms with E-state index in [1.54, 1.807) is 100 Å². The average Bonchev–Trinajstić information content (AvgIpc) is 3.13. The second-order valence-corrected chi connectivity index (χ2v) is 19.2. The third kappa shape index (κ3) is 19.0. The Morgan fingerprint density at radius 2 is 1.11 bits per heavy atom. The Morgan fingerprint density at radius 3 is 1.58 bits per heavy atom. The lowest BCUT2D eigenvalue weighted by molar-refractivity contribution is -0.148. The zero-order valence-electron chi connectivity index (χ0n) is 33.8. The van der Waals surface area contributed by atoms with E-state index in [-0.39, 0.29) is 61.7 Å². The van der Waals surface area contributed by atoms with Gasteiger partial charge in [-0.3, -0.25) is 24.0 Å². The van der Waals surface area contributed by atoms with Gasteiger partial charge in [-0.2, -0.15) is 0 Å². The van der Waals surface area contributed by atoms with Crippen molar-refractivity contribution in [3.63, 3.8) is 0 Å². The Labute approximate surface area is 328 Å². The summed E-state index contributed by atoms with van der Waals surface area (Å²) in [6.45, 7) is 11.7. The number of hydrogen-bond donors (Lipinski definition) is 1. The normalized spacial score (nSPS) is 11.8. The second kappa shape index (κ2) is 24.0. The molecular formula is C43H59NO10S. The summed E-state index contributed by atoms with van der Waals surface area (Å²) < 4.78 is 21.6. The maximum Gasteiger partial charge on any atom is 0.338 e. The van der Waals surface area contributed by atoms with Gasteiger partial charge in [0.1, 0.15) is 18.1 Å². The fourth-order valence-electron chi connectivity index (χ4n) is 4.44. The molecule has 1 N–H and O–H groups in total. The van der Waals surface area contributed by atoms with Crippen LogP contribution in [0.25, 0.3) is 0 Å². The molecule has 0 spiro atoms. The lowest BCUT2D eigenvalue weighted by Gasteiger charge is -2.25. The van der Waals surface area contributed by atoms with Crippen molar-refractivity contribution in [3.05, 3.63) is 95.1 Å². The van der Waals surface area contributed by atoms with Crippen molar-refractivity contribution >= 4 is 39.8 Å². The maximum atomic E-state index is 13.2. The summed E-state index contributed by atoms with van der Waals surface area (Å²) in [6, 6.07) is 20.3. The molecular weight excluding hydrogens is 723 g/mol. The van der Waals surface area contributed by atoms with Gasteiger partial charge in [-0.1, -0.05) is 84.4 Å². The summed E-state index contributed by atoms with van der Waals surface area (Å²) in [5.41, 5.74) is 5.07. The average molecular weight is 782 g/mol. The molecule has 1 unspecified atom stereocenters. The van der Waals surface area contributed by atoms with E-state index in [1.807, 2.05) is 0 Å².